The van der Waals surface area contributed by atoms with Crippen molar-refractivity contribution < 1.29 is 13.3 Å². The first-order chi connectivity index (χ1) is 16.3. The molecule has 0 N–H and O–H groups in total. The molecule has 0 atom stereocenters. The highest BCUT2D eigenvalue weighted by atomic mass is 19.1. The van der Waals surface area contributed by atoms with Gasteiger partial charge in [-0.15, -0.1) is 0 Å². The second kappa shape index (κ2) is 8.33. The molecule has 170 valence electrons. The number of pyridine rings is 1. The molecule has 0 saturated heterocycles. The number of hydrogen-bond acceptors (Lipinski definition) is 4. The van der Waals surface area contributed by atoms with Crippen LogP contribution in [0.1, 0.15) is 30.9 Å². The van der Waals surface area contributed by atoms with E-state index in [1.54, 1.807) is 42.6 Å². The van der Waals surface area contributed by atoms with Crippen LogP contribution in [-0.2, 0) is 12.0 Å². The second-order valence-corrected chi connectivity index (χ2v) is 8.70. The van der Waals surface area contributed by atoms with Crippen molar-refractivity contribution in [2.45, 2.75) is 25.8 Å². The Hall–Kier alpha value is -4.13. The van der Waals surface area contributed by atoms with Crippen molar-refractivity contribution in [3.8, 4) is 11.4 Å². The summed E-state index contributed by atoms with van der Waals surface area (Å²) in [6.45, 7) is 4.22. The van der Waals surface area contributed by atoms with Crippen LogP contribution in [0.25, 0.3) is 22.3 Å². The van der Waals surface area contributed by atoms with Gasteiger partial charge in [0, 0.05) is 18.1 Å². The Morgan fingerprint density at radius 3 is 2.26 bits per heavy atom. The Bertz CT molecular complexity index is 1540. The maximum Gasteiger partial charge on any atom is 0.237 e. The molecule has 2 heterocycles. The summed E-state index contributed by atoms with van der Waals surface area (Å²) in [5.74, 6) is -0.151. The van der Waals surface area contributed by atoms with Gasteiger partial charge in [0.15, 0.2) is 0 Å². The van der Waals surface area contributed by atoms with E-state index in [0.717, 1.165) is 16.6 Å². The summed E-state index contributed by atoms with van der Waals surface area (Å²) in [5.41, 5.74) is 1.83. The number of benzene rings is 3. The topological polar surface area (TPSA) is 60.9 Å². The molecule has 7 heteroatoms. The summed E-state index contributed by atoms with van der Waals surface area (Å²) in [7, 11) is 0. The van der Waals surface area contributed by atoms with Crippen molar-refractivity contribution in [2.24, 2.45) is 0 Å². The van der Waals surface area contributed by atoms with Crippen molar-refractivity contribution >= 4 is 10.9 Å². The minimum atomic E-state index is -0.692. The van der Waals surface area contributed by atoms with Crippen LogP contribution in [0.3, 0.4) is 0 Å². The van der Waals surface area contributed by atoms with E-state index in [9.17, 15) is 13.6 Å². The number of fused-ring (bicyclic) bond motifs is 1. The van der Waals surface area contributed by atoms with Crippen LogP contribution < -0.4 is 5.43 Å². The number of nitrogens with zero attached hydrogens (tertiary/aromatic N) is 3. The second-order valence-electron chi connectivity index (χ2n) is 8.70. The average molecular weight is 457 g/mol. The lowest BCUT2D eigenvalue weighted by Crippen LogP contribution is -2.19. The van der Waals surface area contributed by atoms with Crippen LogP contribution in [0.15, 0.2) is 88.3 Å². The summed E-state index contributed by atoms with van der Waals surface area (Å²) >= 11 is 0. The summed E-state index contributed by atoms with van der Waals surface area (Å²) in [6, 6.07) is 19.6. The molecule has 0 aliphatic rings. The average Bonchev–Trinajstić information content (AvgIpc) is 3.34. The van der Waals surface area contributed by atoms with Crippen molar-refractivity contribution in [2.75, 3.05) is 0 Å². The highest BCUT2D eigenvalue weighted by Gasteiger charge is 2.30. The van der Waals surface area contributed by atoms with E-state index >= 15 is 0 Å². The van der Waals surface area contributed by atoms with Crippen molar-refractivity contribution in [3.63, 3.8) is 0 Å². The van der Waals surface area contributed by atoms with Gasteiger partial charge in [0.25, 0.3) is 0 Å². The van der Waals surface area contributed by atoms with Crippen LogP contribution in [0.2, 0.25) is 0 Å². The van der Waals surface area contributed by atoms with E-state index in [0.29, 0.717) is 23.4 Å². The van der Waals surface area contributed by atoms with Gasteiger partial charge >= 0.3 is 0 Å². The molecule has 5 aromatic rings. The zero-order valence-corrected chi connectivity index (χ0v) is 18.6. The Kier molecular flexibility index (Phi) is 5.32. The SMILES string of the molecule is CC(C)(c1ccc(F)cc1)c1nc(-c2cn(Cc3ccc(F)cc3)c3ccccc3c2=O)no1. The van der Waals surface area contributed by atoms with Gasteiger partial charge in [-0.1, -0.05) is 41.6 Å². The molecule has 0 fully saturated rings. The molecule has 34 heavy (non-hydrogen) atoms. The number of para-hydroxylation sites is 1. The van der Waals surface area contributed by atoms with Crippen molar-refractivity contribution in [1.29, 1.82) is 0 Å². The van der Waals surface area contributed by atoms with Gasteiger partial charge in [0.2, 0.25) is 17.1 Å². The number of aromatic nitrogens is 3. The molecular formula is C27H21F2N3O2. The minimum absolute atomic E-state index is 0.175. The number of rotatable bonds is 5. The molecule has 0 spiro atoms. The Labute approximate surface area is 194 Å². The van der Waals surface area contributed by atoms with Gasteiger partial charge < -0.3 is 9.09 Å². The van der Waals surface area contributed by atoms with Crippen LogP contribution in [0, 0.1) is 11.6 Å². The zero-order valence-electron chi connectivity index (χ0n) is 18.6. The minimum Gasteiger partial charge on any atom is -0.342 e. The first-order valence-corrected chi connectivity index (χ1v) is 10.8. The van der Waals surface area contributed by atoms with E-state index in [4.69, 9.17) is 4.52 Å². The van der Waals surface area contributed by atoms with Gasteiger partial charge in [-0.3, -0.25) is 4.79 Å². The fourth-order valence-corrected chi connectivity index (χ4v) is 4.00. The first kappa shape index (κ1) is 21.7. The molecule has 0 aliphatic heterocycles. The Morgan fingerprint density at radius 2 is 1.56 bits per heavy atom. The van der Waals surface area contributed by atoms with E-state index in [1.165, 1.54) is 24.3 Å². The molecule has 0 aliphatic carbocycles. The summed E-state index contributed by atoms with van der Waals surface area (Å²) < 4.78 is 34.2. The maximum absolute atomic E-state index is 13.4. The quantitative estimate of drug-likeness (QED) is 0.340. The molecule has 3 aromatic carbocycles. The highest BCUT2D eigenvalue weighted by Crippen LogP contribution is 2.31. The predicted molar refractivity (Wildman–Crippen MR) is 126 cm³/mol. The third kappa shape index (κ3) is 3.90. The van der Waals surface area contributed by atoms with Gasteiger partial charge in [-0.25, -0.2) is 8.78 Å². The van der Waals surface area contributed by atoms with Crippen LogP contribution in [0.4, 0.5) is 8.78 Å². The number of hydrogen-bond donors (Lipinski definition) is 0. The predicted octanol–water partition coefficient (Wildman–Crippen LogP) is 5.70. The molecule has 0 saturated carbocycles. The summed E-state index contributed by atoms with van der Waals surface area (Å²) in [6.07, 6.45) is 1.70. The smallest absolute Gasteiger partial charge is 0.237 e. The van der Waals surface area contributed by atoms with Crippen LogP contribution in [-0.4, -0.2) is 14.7 Å². The van der Waals surface area contributed by atoms with E-state index in [1.807, 2.05) is 30.5 Å². The largest absolute Gasteiger partial charge is 0.342 e. The lowest BCUT2D eigenvalue weighted by molar-refractivity contribution is 0.332. The first-order valence-electron chi connectivity index (χ1n) is 10.8. The molecule has 5 rings (SSSR count). The monoisotopic (exact) mass is 457 g/mol. The molecule has 0 unspecified atom stereocenters. The molecule has 0 amide bonds. The van der Waals surface area contributed by atoms with E-state index in [-0.39, 0.29) is 22.9 Å². The standard InChI is InChI=1S/C27H21F2N3O2/c1-27(2,18-9-13-20(29)14-10-18)26-30-25(31-34-26)22-16-32(15-17-7-11-19(28)12-8-17)23-6-4-3-5-21(23)24(22)33/h3-14,16H,15H2,1-2H3. The van der Waals surface area contributed by atoms with E-state index < -0.39 is 5.41 Å². The normalized spacial score (nSPS) is 11.8. The fourth-order valence-electron chi connectivity index (χ4n) is 4.00. The van der Waals surface area contributed by atoms with Crippen LogP contribution in [0.5, 0.6) is 0 Å². The lowest BCUT2D eigenvalue weighted by atomic mass is 9.84. The third-order valence-corrected chi connectivity index (χ3v) is 6.02. The van der Waals surface area contributed by atoms with Gasteiger partial charge in [-0.2, -0.15) is 4.98 Å². The third-order valence-electron chi connectivity index (χ3n) is 6.02. The van der Waals surface area contributed by atoms with Gasteiger partial charge in [0.05, 0.1) is 16.5 Å². The molecule has 0 radical (unpaired) electrons. The summed E-state index contributed by atoms with van der Waals surface area (Å²) in [4.78, 5) is 17.9. The number of halogens is 2. The zero-order chi connectivity index (χ0) is 23.9. The van der Waals surface area contributed by atoms with Crippen LogP contribution >= 0.6 is 0 Å². The van der Waals surface area contributed by atoms with Gasteiger partial charge in [0.1, 0.15) is 11.6 Å². The lowest BCUT2D eigenvalue weighted by Gasteiger charge is -2.20. The van der Waals surface area contributed by atoms with Gasteiger partial charge in [-0.05, 0) is 61.4 Å². The molecule has 5 nitrogen and oxygen atoms in total. The van der Waals surface area contributed by atoms with Crippen molar-refractivity contribution in [1.82, 2.24) is 14.7 Å². The van der Waals surface area contributed by atoms with Crippen molar-refractivity contribution in [3.05, 3.63) is 118 Å². The van der Waals surface area contributed by atoms with E-state index in [2.05, 4.69) is 10.1 Å². The Morgan fingerprint density at radius 1 is 0.912 bits per heavy atom. The maximum atomic E-state index is 13.4. The fraction of sp³-hybridized carbons (Fsp3) is 0.148. The molecule has 0 bridgehead atoms. The summed E-state index contributed by atoms with van der Waals surface area (Å²) in [5, 5.41) is 4.62. The molecule has 2 aromatic heterocycles. The molecular weight excluding hydrogens is 436 g/mol. The highest BCUT2D eigenvalue weighted by molar-refractivity contribution is 5.83. The Balaban J connectivity index is 1.60.